The lowest BCUT2D eigenvalue weighted by Crippen LogP contribution is -2.43. The maximum Gasteiger partial charge on any atom is 0.223 e. The van der Waals surface area contributed by atoms with Crippen molar-refractivity contribution < 1.29 is 4.79 Å². The number of carbonyl (C=O) groups excluding carboxylic acids is 1. The normalized spacial score (nSPS) is 18.7. The molecular formula is C17H27N3O. The first-order chi connectivity index (χ1) is 9.97. The summed E-state index contributed by atoms with van der Waals surface area (Å²) in [6.45, 7) is 10.5. The van der Waals surface area contributed by atoms with Crippen molar-refractivity contribution in [2.45, 2.75) is 52.6 Å². The van der Waals surface area contributed by atoms with E-state index in [4.69, 9.17) is 0 Å². The van der Waals surface area contributed by atoms with Crippen LogP contribution in [0.4, 0.5) is 0 Å². The molecule has 4 nitrogen and oxygen atoms in total. The SMILES string of the molecule is Cc1ccc(C(C)NC(=O)C2CCN(C(C)C)CC2)cn1. The molecular weight excluding hydrogens is 262 g/mol. The molecule has 1 fully saturated rings. The quantitative estimate of drug-likeness (QED) is 0.927. The van der Waals surface area contributed by atoms with Gasteiger partial charge in [-0.05, 0) is 65.3 Å². The number of likely N-dealkylation sites (tertiary alicyclic amines) is 1. The molecule has 1 aromatic rings. The number of pyridine rings is 1. The van der Waals surface area contributed by atoms with Crippen molar-refractivity contribution in [3.63, 3.8) is 0 Å². The first kappa shape index (κ1) is 16.0. The van der Waals surface area contributed by atoms with Crippen LogP contribution < -0.4 is 5.32 Å². The van der Waals surface area contributed by atoms with E-state index < -0.39 is 0 Å². The number of nitrogens with zero attached hydrogens (tertiary/aromatic N) is 2. The van der Waals surface area contributed by atoms with Crippen molar-refractivity contribution >= 4 is 5.91 Å². The van der Waals surface area contributed by atoms with Crippen LogP contribution in [0.3, 0.4) is 0 Å². The second-order valence-corrected chi connectivity index (χ2v) is 6.37. The number of carbonyl (C=O) groups is 1. The molecule has 0 bridgehead atoms. The molecule has 1 N–H and O–H groups in total. The van der Waals surface area contributed by atoms with Crippen LogP contribution >= 0.6 is 0 Å². The molecule has 116 valence electrons. The molecule has 1 aliphatic rings. The Balaban J connectivity index is 1.86. The molecule has 21 heavy (non-hydrogen) atoms. The first-order valence-electron chi connectivity index (χ1n) is 7.94. The Kier molecular flexibility index (Phi) is 5.34. The monoisotopic (exact) mass is 289 g/mol. The molecule has 1 saturated heterocycles. The molecule has 0 aliphatic carbocycles. The van der Waals surface area contributed by atoms with Gasteiger partial charge in [0.05, 0.1) is 6.04 Å². The standard InChI is InChI=1S/C17H27N3O/c1-12(2)20-9-7-15(8-10-20)17(21)19-14(4)16-6-5-13(3)18-11-16/h5-6,11-12,14-15H,7-10H2,1-4H3,(H,19,21). The van der Waals surface area contributed by atoms with Crippen molar-refractivity contribution in [1.29, 1.82) is 0 Å². The van der Waals surface area contributed by atoms with Gasteiger partial charge in [-0.15, -0.1) is 0 Å². The summed E-state index contributed by atoms with van der Waals surface area (Å²) >= 11 is 0. The molecule has 1 aliphatic heterocycles. The van der Waals surface area contributed by atoms with Gasteiger partial charge in [0, 0.05) is 23.9 Å². The molecule has 1 atom stereocenters. The molecule has 1 aromatic heterocycles. The van der Waals surface area contributed by atoms with Gasteiger partial charge in [0.15, 0.2) is 0 Å². The largest absolute Gasteiger partial charge is 0.349 e. The van der Waals surface area contributed by atoms with Gasteiger partial charge < -0.3 is 10.2 Å². The molecule has 0 spiro atoms. The zero-order valence-electron chi connectivity index (χ0n) is 13.6. The minimum atomic E-state index is 0.0220. The van der Waals surface area contributed by atoms with Crippen LogP contribution in [-0.2, 0) is 4.79 Å². The van der Waals surface area contributed by atoms with E-state index in [-0.39, 0.29) is 17.9 Å². The Morgan fingerprint density at radius 1 is 1.29 bits per heavy atom. The van der Waals surface area contributed by atoms with E-state index in [1.807, 2.05) is 32.2 Å². The summed E-state index contributed by atoms with van der Waals surface area (Å²) in [6.07, 6.45) is 3.77. The van der Waals surface area contributed by atoms with E-state index in [9.17, 15) is 4.79 Å². The van der Waals surface area contributed by atoms with Crippen LogP contribution in [0.5, 0.6) is 0 Å². The Hall–Kier alpha value is -1.42. The average Bonchev–Trinajstić information content (AvgIpc) is 2.47. The predicted molar refractivity (Wildman–Crippen MR) is 85.0 cm³/mol. The Morgan fingerprint density at radius 2 is 1.95 bits per heavy atom. The van der Waals surface area contributed by atoms with Gasteiger partial charge in [-0.3, -0.25) is 9.78 Å². The molecule has 1 unspecified atom stereocenters. The van der Waals surface area contributed by atoms with Crippen LogP contribution in [0, 0.1) is 12.8 Å². The number of amides is 1. The third-order valence-corrected chi connectivity index (χ3v) is 4.42. The third-order valence-electron chi connectivity index (χ3n) is 4.42. The maximum absolute atomic E-state index is 12.4. The summed E-state index contributed by atoms with van der Waals surface area (Å²) in [5, 5.41) is 3.13. The Labute approximate surface area is 127 Å². The highest BCUT2D eigenvalue weighted by atomic mass is 16.1. The van der Waals surface area contributed by atoms with E-state index in [1.54, 1.807) is 0 Å². The van der Waals surface area contributed by atoms with Gasteiger partial charge >= 0.3 is 0 Å². The second-order valence-electron chi connectivity index (χ2n) is 6.37. The molecule has 2 heterocycles. The highest BCUT2D eigenvalue weighted by Gasteiger charge is 2.26. The maximum atomic E-state index is 12.4. The van der Waals surface area contributed by atoms with Gasteiger partial charge in [-0.25, -0.2) is 0 Å². The van der Waals surface area contributed by atoms with Crippen LogP contribution in [0.25, 0.3) is 0 Å². The number of aryl methyl sites for hydroxylation is 1. The molecule has 0 saturated carbocycles. The average molecular weight is 289 g/mol. The van der Waals surface area contributed by atoms with Crippen molar-refractivity contribution in [2.24, 2.45) is 5.92 Å². The molecule has 2 rings (SSSR count). The van der Waals surface area contributed by atoms with E-state index in [0.717, 1.165) is 37.2 Å². The lowest BCUT2D eigenvalue weighted by Gasteiger charge is -2.34. The topological polar surface area (TPSA) is 45.2 Å². The minimum Gasteiger partial charge on any atom is -0.349 e. The number of nitrogens with one attached hydrogen (secondary N) is 1. The van der Waals surface area contributed by atoms with E-state index in [2.05, 4.69) is 29.0 Å². The summed E-state index contributed by atoms with van der Waals surface area (Å²) in [7, 11) is 0. The van der Waals surface area contributed by atoms with Gasteiger partial charge in [0.25, 0.3) is 0 Å². The molecule has 1 amide bonds. The number of rotatable bonds is 4. The minimum absolute atomic E-state index is 0.0220. The number of hydrogen-bond donors (Lipinski definition) is 1. The fourth-order valence-corrected chi connectivity index (χ4v) is 2.83. The Bertz CT molecular complexity index is 461. The highest BCUT2D eigenvalue weighted by Crippen LogP contribution is 2.20. The fourth-order valence-electron chi connectivity index (χ4n) is 2.83. The van der Waals surface area contributed by atoms with Gasteiger partial charge in [0.1, 0.15) is 0 Å². The number of aromatic nitrogens is 1. The van der Waals surface area contributed by atoms with Crippen LogP contribution in [0.15, 0.2) is 18.3 Å². The van der Waals surface area contributed by atoms with Gasteiger partial charge in [0.2, 0.25) is 5.91 Å². The summed E-state index contributed by atoms with van der Waals surface area (Å²) in [5.74, 6) is 0.340. The lowest BCUT2D eigenvalue weighted by molar-refractivity contribution is -0.127. The fraction of sp³-hybridized carbons (Fsp3) is 0.647. The molecule has 0 radical (unpaired) electrons. The number of hydrogen-bond acceptors (Lipinski definition) is 3. The van der Waals surface area contributed by atoms with Gasteiger partial charge in [-0.2, -0.15) is 0 Å². The lowest BCUT2D eigenvalue weighted by atomic mass is 9.94. The predicted octanol–water partition coefficient (Wildman–Crippen LogP) is 2.69. The van der Waals surface area contributed by atoms with Crippen molar-refractivity contribution in [2.75, 3.05) is 13.1 Å². The highest BCUT2D eigenvalue weighted by molar-refractivity contribution is 5.79. The second kappa shape index (κ2) is 7.03. The number of piperidine rings is 1. The van der Waals surface area contributed by atoms with Gasteiger partial charge in [-0.1, -0.05) is 6.07 Å². The van der Waals surface area contributed by atoms with Crippen LogP contribution in [-0.4, -0.2) is 34.9 Å². The first-order valence-corrected chi connectivity index (χ1v) is 7.94. The summed E-state index contributed by atoms with van der Waals surface area (Å²) in [6, 6.07) is 4.62. The summed E-state index contributed by atoms with van der Waals surface area (Å²) in [5.41, 5.74) is 2.06. The summed E-state index contributed by atoms with van der Waals surface area (Å²) in [4.78, 5) is 19.1. The third kappa shape index (κ3) is 4.27. The smallest absolute Gasteiger partial charge is 0.223 e. The molecule has 4 heteroatoms. The van der Waals surface area contributed by atoms with E-state index in [0.29, 0.717) is 6.04 Å². The van der Waals surface area contributed by atoms with E-state index >= 15 is 0 Å². The van der Waals surface area contributed by atoms with Crippen molar-refractivity contribution in [3.05, 3.63) is 29.6 Å². The Morgan fingerprint density at radius 3 is 2.48 bits per heavy atom. The van der Waals surface area contributed by atoms with Crippen molar-refractivity contribution in [3.8, 4) is 0 Å². The molecule has 0 aromatic carbocycles. The van der Waals surface area contributed by atoms with Crippen LogP contribution in [0.1, 0.15) is 50.9 Å². The summed E-state index contributed by atoms with van der Waals surface area (Å²) < 4.78 is 0. The van der Waals surface area contributed by atoms with Crippen LogP contribution in [0.2, 0.25) is 0 Å². The zero-order valence-corrected chi connectivity index (χ0v) is 13.6. The van der Waals surface area contributed by atoms with E-state index in [1.165, 1.54) is 0 Å². The van der Waals surface area contributed by atoms with Crippen molar-refractivity contribution in [1.82, 2.24) is 15.2 Å². The zero-order chi connectivity index (χ0) is 15.4.